The van der Waals surface area contributed by atoms with Crippen LogP contribution in [0.4, 0.5) is 10.1 Å². The predicted octanol–water partition coefficient (Wildman–Crippen LogP) is 6.36. The van der Waals surface area contributed by atoms with Crippen molar-refractivity contribution in [2.45, 2.75) is 20.8 Å². The molecular formula is C30H26FN7O2. The van der Waals surface area contributed by atoms with E-state index in [-0.39, 0.29) is 11.7 Å². The fraction of sp³-hybridized carbons (Fsp3) is 0.167. The Balaban J connectivity index is 1.40. The van der Waals surface area contributed by atoms with Gasteiger partial charge in [0.25, 0.3) is 0 Å². The Bertz CT molecular complexity index is 1900. The first kappa shape index (κ1) is 25.2. The topological polar surface area (TPSA) is 121 Å². The second kappa shape index (κ2) is 9.57. The van der Waals surface area contributed by atoms with Gasteiger partial charge in [0.1, 0.15) is 28.4 Å². The van der Waals surface area contributed by atoms with Gasteiger partial charge in [0.05, 0.1) is 35.9 Å². The number of carbonyl (C=O) groups is 1. The first-order valence-corrected chi connectivity index (χ1v) is 12.6. The van der Waals surface area contributed by atoms with Crippen LogP contribution in [0, 0.1) is 11.2 Å². The lowest BCUT2D eigenvalue weighted by molar-refractivity contribution is -0.123. The van der Waals surface area contributed by atoms with Crippen molar-refractivity contribution in [2.75, 3.05) is 12.4 Å². The lowest BCUT2D eigenvalue weighted by Crippen LogP contribution is -2.27. The third-order valence-electron chi connectivity index (χ3n) is 6.59. The lowest BCUT2D eigenvalue weighted by atomic mass is 9.95. The molecule has 0 saturated carbocycles. The van der Waals surface area contributed by atoms with Crippen LogP contribution >= 0.6 is 0 Å². The number of aromatic nitrogens is 6. The zero-order valence-electron chi connectivity index (χ0n) is 22.3. The molecule has 1 amide bonds. The van der Waals surface area contributed by atoms with Gasteiger partial charge in [-0.1, -0.05) is 20.8 Å². The number of carbonyl (C=O) groups excluding carboxylic acids is 1. The van der Waals surface area contributed by atoms with Crippen LogP contribution in [0.3, 0.4) is 0 Å². The summed E-state index contributed by atoms with van der Waals surface area (Å²) in [5.41, 5.74) is 6.33. The van der Waals surface area contributed by atoms with Crippen molar-refractivity contribution >= 4 is 33.7 Å². The van der Waals surface area contributed by atoms with E-state index in [2.05, 4.69) is 30.5 Å². The number of methoxy groups -OCH3 is 1. The number of hydrogen-bond donors (Lipinski definition) is 3. The maximum Gasteiger partial charge on any atom is 0.229 e. The number of aromatic amines is 2. The van der Waals surface area contributed by atoms with Gasteiger partial charge in [-0.05, 0) is 53.6 Å². The highest BCUT2D eigenvalue weighted by atomic mass is 19.1. The highest BCUT2D eigenvalue weighted by molar-refractivity contribution is 5.99. The summed E-state index contributed by atoms with van der Waals surface area (Å²) in [7, 11) is 1.51. The largest absolute Gasteiger partial charge is 0.497 e. The number of nitrogens with zero attached hydrogens (tertiary/aromatic N) is 4. The quantitative estimate of drug-likeness (QED) is 0.236. The Morgan fingerprint density at radius 1 is 1.02 bits per heavy atom. The highest BCUT2D eigenvalue weighted by Gasteiger charge is 2.22. The second-order valence-electron chi connectivity index (χ2n) is 10.5. The van der Waals surface area contributed by atoms with Gasteiger partial charge in [0.2, 0.25) is 5.91 Å². The van der Waals surface area contributed by atoms with E-state index in [4.69, 9.17) is 9.72 Å². The molecule has 5 aromatic heterocycles. The normalized spacial score (nSPS) is 11.7. The lowest BCUT2D eigenvalue weighted by Gasteiger charge is -2.17. The van der Waals surface area contributed by atoms with Crippen LogP contribution < -0.4 is 10.1 Å². The maximum atomic E-state index is 14.3. The van der Waals surface area contributed by atoms with Crippen LogP contribution in [0.15, 0.2) is 67.1 Å². The van der Waals surface area contributed by atoms with E-state index < -0.39 is 5.41 Å². The second-order valence-corrected chi connectivity index (χ2v) is 10.5. The minimum atomic E-state index is -0.534. The zero-order chi connectivity index (χ0) is 28.0. The van der Waals surface area contributed by atoms with E-state index in [0.717, 1.165) is 22.0 Å². The van der Waals surface area contributed by atoms with Crippen LogP contribution in [0.25, 0.3) is 55.8 Å². The zero-order valence-corrected chi connectivity index (χ0v) is 22.3. The summed E-state index contributed by atoms with van der Waals surface area (Å²) in [5.74, 6) is -0.0561. The number of anilines is 1. The standard InChI is InChI=1S/C30H26FN7O2/c1-30(2,3)29(39)34-19-10-17(14-32-15-19)23-5-6-24-26(35-23)27(38-37-24)25-13-22-21(7-8-33-28(22)36-25)16-9-18(31)12-20(11-16)40-4/h5-15H,1-4H3,(H,33,36)(H,34,39)(H,37,38). The average molecular weight is 536 g/mol. The molecule has 200 valence electrons. The monoisotopic (exact) mass is 535 g/mol. The van der Waals surface area contributed by atoms with Crippen LogP contribution in [-0.4, -0.2) is 43.2 Å². The van der Waals surface area contributed by atoms with Gasteiger partial charge in [0.15, 0.2) is 0 Å². The molecule has 0 aliphatic heterocycles. The Labute approximate surface area is 228 Å². The summed E-state index contributed by atoms with van der Waals surface area (Å²) in [6, 6.07) is 14.0. The third kappa shape index (κ3) is 4.64. The Kier molecular flexibility index (Phi) is 6.02. The number of pyridine rings is 3. The van der Waals surface area contributed by atoms with E-state index in [1.54, 1.807) is 24.7 Å². The summed E-state index contributed by atoms with van der Waals surface area (Å²) in [6.45, 7) is 5.56. The van der Waals surface area contributed by atoms with E-state index in [1.165, 1.54) is 19.2 Å². The number of fused-ring (bicyclic) bond motifs is 2. The number of hydrogen-bond acceptors (Lipinski definition) is 6. The third-order valence-corrected chi connectivity index (χ3v) is 6.59. The summed E-state index contributed by atoms with van der Waals surface area (Å²) in [4.78, 5) is 29.5. The van der Waals surface area contributed by atoms with Crippen molar-refractivity contribution in [3.05, 3.63) is 72.9 Å². The van der Waals surface area contributed by atoms with Crippen LogP contribution in [0.2, 0.25) is 0 Å². The fourth-order valence-electron chi connectivity index (χ4n) is 4.46. The minimum absolute atomic E-state index is 0.101. The molecule has 0 fully saturated rings. The number of rotatable bonds is 5. The molecule has 0 unspecified atom stereocenters. The molecule has 6 rings (SSSR count). The van der Waals surface area contributed by atoms with Crippen molar-refractivity contribution in [3.63, 3.8) is 0 Å². The summed E-state index contributed by atoms with van der Waals surface area (Å²) >= 11 is 0. The number of amides is 1. The molecular weight excluding hydrogens is 509 g/mol. The molecule has 0 aliphatic rings. The molecule has 1 aromatic carbocycles. The predicted molar refractivity (Wildman–Crippen MR) is 152 cm³/mol. The van der Waals surface area contributed by atoms with Crippen molar-refractivity contribution in [1.29, 1.82) is 0 Å². The smallest absolute Gasteiger partial charge is 0.229 e. The van der Waals surface area contributed by atoms with E-state index in [0.29, 0.717) is 45.2 Å². The van der Waals surface area contributed by atoms with Gasteiger partial charge in [0, 0.05) is 34.8 Å². The molecule has 0 aliphatic carbocycles. The molecule has 0 bridgehead atoms. The molecule has 3 N–H and O–H groups in total. The SMILES string of the molecule is COc1cc(F)cc(-c2ccnc3[nH]c(-c4n[nH]c5ccc(-c6cncc(NC(=O)C(C)(C)C)c6)nc45)cc23)c1. The van der Waals surface area contributed by atoms with Gasteiger partial charge in [-0.3, -0.25) is 14.9 Å². The first-order chi connectivity index (χ1) is 19.2. The molecule has 0 spiro atoms. The van der Waals surface area contributed by atoms with Crippen molar-refractivity contribution < 1.29 is 13.9 Å². The number of H-pyrrole nitrogens is 2. The fourth-order valence-corrected chi connectivity index (χ4v) is 4.46. The molecule has 6 aromatic rings. The molecule has 10 heteroatoms. The summed E-state index contributed by atoms with van der Waals surface area (Å²) < 4.78 is 19.5. The van der Waals surface area contributed by atoms with Crippen molar-refractivity contribution in [3.8, 4) is 39.5 Å². The van der Waals surface area contributed by atoms with E-state index in [9.17, 15) is 9.18 Å². The van der Waals surface area contributed by atoms with Crippen LogP contribution in [0.5, 0.6) is 5.75 Å². The van der Waals surface area contributed by atoms with Crippen LogP contribution in [-0.2, 0) is 4.79 Å². The number of halogens is 1. The molecule has 9 nitrogen and oxygen atoms in total. The average Bonchev–Trinajstić information content (AvgIpc) is 3.56. The molecule has 0 radical (unpaired) electrons. The summed E-state index contributed by atoms with van der Waals surface area (Å²) in [5, 5.41) is 11.3. The van der Waals surface area contributed by atoms with E-state index >= 15 is 0 Å². The van der Waals surface area contributed by atoms with Gasteiger partial charge in [-0.15, -0.1) is 0 Å². The first-order valence-electron chi connectivity index (χ1n) is 12.6. The number of nitrogens with one attached hydrogen (secondary N) is 3. The summed E-state index contributed by atoms with van der Waals surface area (Å²) in [6.07, 6.45) is 4.98. The number of ether oxygens (including phenoxy) is 1. The Morgan fingerprint density at radius 3 is 2.67 bits per heavy atom. The Hall–Kier alpha value is -5.12. The minimum Gasteiger partial charge on any atom is -0.497 e. The van der Waals surface area contributed by atoms with Crippen LogP contribution in [0.1, 0.15) is 20.8 Å². The van der Waals surface area contributed by atoms with Gasteiger partial charge >= 0.3 is 0 Å². The number of benzene rings is 1. The highest BCUT2D eigenvalue weighted by Crippen LogP contribution is 2.35. The molecule has 0 saturated heterocycles. The van der Waals surface area contributed by atoms with Crippen molar-refractivity contribution in [1.82, 2.24) is 30.1 Å². The Morgan fingerprint density at radius 2 is 1.88 bits per heavy atom. The van der Waals surface area contributed by atoms with Gasteiger partial charge in [-0.2, -0.15) is 5.10 Å². The van der Waals surface area contributed by atoms with E-state index in [1.807, 2.05) is 51.1 Å². The van der Waals surface area contributed by atoms with Gasteiger partial charge < -0.3 is 15.0 Å². The van der Waals surface area contributed by atoms with Gasteiger partial charge in [-0.25, -0.2) is 14.4 Å². The maximum absolute atomic E-state index is 14.3. The molecule has 0 atom stereocenters. The molecule has 5 heterocycles. The molecule has 40 heavy (non-hydrogen) atoms. The van der Waals surface area contributed by atoms with Crippen molar-refractivity contribution in [2.24, 2.45) is 5.41 Å².